The molecule has 0 saturated carbocycles. The third-order valence-corrected chi connectivity index (χ3v) is 3.51. The number of rotatable bonds is 6. The Labute approximate surface area is 112 Å². The number of nitrogens with zero attached hydrogens (tertiary/aromatic N) is 4. The summed E-state index contributed by atoms with van der Waals surface area (Å²) in [5.74, 6) is 0.592. The number of unbranched alkanes of at least 4 members (excludes halogenated alkanes) is 3. The van der Waals surface area contributed by atoms with Gasteiger partial charge in [0, 0.05) is 5.56 Å². The Bertz CT molecular complexity index is 521. The molecule has 0 aromatic carbocycles. The van der Waals surface area contributed by atoms with E-state index in [4.69, 9.17) is 11.6 Å². The summed E-state index contributed by atoms with van der Waals surface area (Å²) in [4.78, 5) is 8.39. The highest BCUT2D eigenvalue weighted by atomic mass is 35.5. The molecule has 0 atom stereocenters. The van der Waals surface area contributed by atoms with Gasteiger partial charge in [0.25, 0.3) is 5.78 Å². The molecule has 0 saturated heterocycles. The summed E-state index contributed by atoms with van der Waals surface area (Å²) in [5, 5.41) is 4.81. The van der Waals surface area contributed by atoms with Crippen LogP contribution in [0.1, 0.15) is 50.8 Å². The van der Waals surface area contributed by atoms with E-state index in [1.165, 1.54) is 25.6 Å². The fourth-order valence-corrected chi connectivity index (χ4v) is 2.52. The van der Waals surface area contributed by atoms with E-state index < -0.39 is 0 Å². The van der Waals surface area contributed by atoms with Crippen LogP contribution in [0.15, 0.2) is 6.33 Å². The molecule has 0 spiro atoms. The molecule has 0 unspecified atom stereocenters. The minimum Gasteiger partial charge on any atom is -0.201 e. The number of hydrogen-bond donors (Lipinski definition) is 0. The fraction of sp³-hybridized carbons (Fsp3) is 0.615. The Balaban J connectivity index is 2.27. The van der Waals surface area contributed by atoms with Gasteiger partial charge in [-0.15, -0.1) is 0 Å². The van der Waals surface area contributed by atoms with Gasteiger partial charge in [-0.25, -0.2) is 4.52 Å². The average molecular weight is 267 g/mol. The minimum absolute atomic E-state index is 0.587. The molecule has 0 aliphatic carbocycles. The molecule has 0 N–H and O–H groups in total. The Morgan fingerprint density at radius 2 is 2.06 bits per heavy atom. The summed E-state index contributed by atoms with van der Waals surface area (Å²) in [6.45, 7) is 4.33. The lowest BCUT2D eigenvalue weighted by atomic mass is 10.1. The van der Waals surface area contributed by atoms with Gasteiger partial charge in [-0.05, 0) is 19.3 Å². The highest BCUT2D eigenvalue weighted by Gasteiger charge is 2.13. The third-order valence-electron chi connectivity index (χ3n) is 3.20. The van der Waals surface area contributed by atoms with Crippen molar-refractivity contribution in [2.45, 2.75) is 52.4 Å². The van der Waals surface area contributed by atoms with E-state index in [1.54, 1.807) is 4.52 Å². The summed E-state index contributed by atoms with van der Waals surface area (Å²) in [6, 6.07) is 0. The first-order valence-corrected chi connectivity index (χ1v) is 7.02. The molecular formula is C13H19ClN4. The second kappa shape index (κ2) is 6.14. The quantitative estimate of drug-likeness (QED) is 0.594. The van der Waals surface area contributed by atoms with Crippen molar-refractivity contribution in [1.82, 2.24) is 19.6 Å². The lowest BCUT2D eigenvalue weighted by Gasteiger charge is -2.10. The van der Waals surface area contributed by atoms with E-state index >= 15 is 0 Å². The Hall–Kier alpha value is -1.16. The van der Waals surface area contributed by atoms with E-state index in [0.717, 1.165) is 30.5 Å². The highest BCUT2D eigenvalue weighted by Crippen LogP contribution is 2.22. The van der Waals surface area contributed by atoms with Crippen molar-refractivity contribution in [2.24, 2.45) is 0 Å². The van der Waals surface area contributed by atoms with Crippen LogP contribution >= 0.6 is 11.6 Å². The zero-order chi connectivity index (χ0) is 13.0. The van der Waals surface area contributed by atoms with E-state index in [2.05, 4.69) is 28.9 Å². The predicted octanol–water partition coefficient (Wildman–Crippen LogP) is 3.46. The van der Waals surface area contributed by atoms with E-state index in [-0.39, 0.29) is 0 Å². The summed E-state index contributed by atoms with van der Waals surface area (Å²) < 4.78 is 1.81. The molecule has 0 aliphatic rings. The molecule has 0 radical (unpaired) electrons. The summed E-state index contributed by atoms with van der Waals surface area (Å²) in [5.41, 5.74) is 2.27. The van der Waals surface area contributed by atoms with Gasteiger partial charge in [0.05, 0.1) is 5.69 Å². The van der Waals surface area contributed by atoms with Crippen LogP contribution in [0.2, 0.25) is 5.15 Å². The number of halogens is 1. The van der Waals surface area contributed by atoms with Crippen molar-refractivity contribution in [3.63, 3.8) is 0 Å². The third kappa shape index (κ3) is 2.64. The van der Waals surface area contributed by atoms with Crippen LogP contribution in [0, 0.1) is 0 Å². The molecule has 98 valence electrons. The van der Waals surface area contributed by atoms with Crippen molar-refractivity contribution >= 4 is 17.4 Å². The first-order chi connectivity index (χ1) is 8.77. The molecule has 0 fully saturated rings. The lowest BCUT2D eigenvalue weighted by Crippen LogP contribution is -2.06. The van der Waals surface area contributed by atoms with Gasteiger partial charge in [0.2, 0.25) is 0 Å². The number of aryl methyl sites for hydroxylation is 1. The van der Waals surface area contributed by atoms with Crippen molar-refractivity contribution in [2.75, 3.05) is 0 Å². The molecule has 0 bridgehead atoms. The second-order valence-corrected chi connectivity index (χ2v) is 4.82. The summed E-state index contributed by atoms with van der Waals surface area (Å²) in [7, 11) is 0. The SMILES string of the molecule is CCCCCCc1c(Cl)nc2ncnn2c1CC. The van der Waals surface area contributed by atoms with Gasteiger partial charge >= 0.3 is 0 Å². The molecule has 5 heteroatoms. The maximum absolute atomic E-state index is 6.26. The number of fused-ring (bicyclic) bond motifs is 1. The largest absolute Gasteiger partial charge is 0.253 e. The van der Waals surface area contributed by atoms with Crippen LogP contribution in [-0.2, 0) is 12.8 Å². The van der Waals surface area contributed by atoms with Crippen LogP contribution < -0.4 is 0 Å². The Kier molecular flexibility index (Phi) is 4.53. The van der Waals surface area contributed by atoms with Crippen molar-refractivity contribution in [3.8, 4) is 0 Å². The number of aromatic nitrogens is 4. The molecule has 0 aliphatic heterocycles. The summed E-state index contributed by atoms with van der Waals surface area (Å²) >= 11 is 6.26. The first kappa shape index (κ1) is 13.3. The zero-order valence-corrected chi connectivity index (χ0v) is 11.7. The molecule has 18 heavy (non-hydrogen) atoms. The van der Waals surface area contributed by atoms with E-state index in [0.29, 0.717) is 10.9 Å². The standard InChI is InChI=1S/C13H19ClN4/c1-3-5-6-7-8-10-11(4-2)18-13(15-9-16-18)17-12(10)14/h9H,3-8H2,1-2H3. The molecule has 4 nitrogen and oxygen atoms in total. The van der Waals surface area contributed by atoms with Crippen LogP contribution in [0.4, 0.5) is 0 Å². The maximum Gasteiger partial charge on any atom is 0.253 e. The van der Waals surface area contributed by atoms with Crippen LogP contribution in [0.3, 0.4) is 0 Å². The van der Waals surface area contributed by atoms with E-state index in [9.17, 15) is 0 Å². The highest BCUT2D eigenvalue weighted by molar-refractivity contribution is 6.30. The Morgan fingerprint density at radius 3 is 2.78 bits per heavy atom. The van der Waals surface area contributed by atoms with Crippen LogP contribution in [-0.4, -0.2) is 19.6 Å². The lowest BCUT2D eigenvalue weighted by molar-refractivity contribution is 0.658. The van der Waals surface area contributed by atoms with Gasteiger partial charge in [0.1, 0.15) is 11.5 Å². The first-order valence-electron chi connectivity index (χ1n) is 6.64. The smallest absolute Gasteiger partial charge is 0.201 e. The molecule has 2 heterocycles. The fourth-order valence-electron chi connectivity index (χ4n) is 2.24. The normalized spacial score (nSPS) is 11.3. The minimum atomic E-state index is 0.587. The molecule has 0 amide bonds. The monoisotopic (exact) mass is 266 g/mol. The Morgan fingerprint density at radius 1 is 1.22 bits per heavy atom. The second-order valence-electron chi connectivity index (χ2n) is 4.46. The molecule has 2 aromatic heterocycles. The van der Waals surface area contributed by atoms with Gasteiger partial charge < -0.3 is 0 Å². The average Bonchev–Trinajstić information content (AvgIpc) is 2.82. The topological polar surface area (TPSA) is 43.1 Å². The van der Waals surface area contributed by atoms with Gasteiger partial charge in [-0.2, -0.15) is 15.1 Å². The molecule has 2 aromatic rings. The zero-order valence-electron chi connectivity index (χ0n) is 11.0. The number of hydrogen-bond acceptors (Lipinski definition) is 3. The van der Waals surface area contributed by atoms with Crippen molar-refractivity contribution in [3.05, 3.63) is 22.7 Å². The van der Waals surface area contributed by atoms with Gasteiger partial charge in [0.15, 0.2) is 0 Å². The van der Waals surface area contributed by atoms with Crippen molar-refractivity contribution < 1.29 is 0 Å². The van der Waals surface area contributed by atoms with Gasteiger partial charge in [-0.3, -0.25) is 0 Å². The predicted molar refractivity (Wildman–Crippen MR) is 73.0 cm³/mol. The van der Waals surface area contributed by atoms with E-state index in [1.807, 2.05) is 0 Å². The maximum atomic E-state index is 6.26. The molecule has 2 rings (SSSR count). The molecular weight excluding hydrogens is 248 g/mol. The summed E-state index contributed by atoms with van der Waals surface area (Å²) in [6.07, 6.45) is 8.31. The van der Waals surface area contributed by atoms with Crippen LogP contribution in [0.5, 0.6) is 0 Å². The van der Waals surface area contributed by atoms with Gasteiger partial charge in [-0.1, -0.05) is 44.7 Å². The van der Waals surface area contributed by atoms with Crippen molar-refractivity contribution in [1.29, 1.82) is 0 Å². The van der Waals surface area contributed by atoms with Crippen LogP contribution in [0.25, 0.3) is 5.78 Å².